The molecule has 3 rings (SSSR count). The van der Waals surface area contributed by atoms with E-state index in [1.807, 2.05) is 0 Å². The third-order valence-electron chi connectivity index (χ3n) is 3.33. The van der Waals surface area contributed by atoms with Gasteiger partial charge in [-0.05, 0) is 48.5 Å². The first-order valence-electron chi connectivity index (χ1n) is 7.27. The number of benzene rings is 2. The molecule has 7 heteroatoms. The molecule has 2 N–H and O–H groups in total. The molecule has 0 aliphatic rings. The van der Waals surface area contributed by atoms with Crippen molar-refractivity contribution in [3.8, 4) is 0 Å². The molecule has 0 saturated carbocycles. The van der Waals surface area contributed by atoms with Crippen molar-refractivity contribution in [2.75, 3.05) is 10.6 Å². The number of hydrogen-bond acceptors (Lipinski definition) is 3. The third-order valence-corrected chi connectivity index (χ3v) is 3.64. The van der Waals surface area contributed by atoms with Crippen LogP contribution in [0.15, 0.2) is 60.8 Å². The highest BCUT2D eigenvalue weighted by molar-refractivity contribution is 6.34. The predicted molar refractivity (Wildman–Crippen MR) is 93.3 cm³/mol. The predicted octanol–water partition coefficient (Wildman–Crippen LogP) is 5.01. The minimum Gasteiger partial charge on any atom is -0.340 e. The first-order chi connectivity index (χ1) is 12.0. The highest BCUT2D eigenvalue weighted by atomic mass is 35.5. The van der Waals surface area contributed by atoms with Crippen LogP contribution in [0.25, 0.3) is 0 Å². The average molecular weight is 360 g/mol. The molecule has 0 spiro atoms. The highest BCUT2D eigenvalue weighted by Gasteiger charge is 2.15. The van der Waals surface area contributed by atoms with Crippen molar-refractivity contribution in [1.29, 1.82) is 0 Å². The summed E-state index contributed by atoms with van der Waals surface area (Å²) in [7, 11) is 0. The van der Waals surface area contributed by atoms with Gasteiger partial charge < -0.3 is 10.6 Å². The lowest BCUT2D eigenvalue weighted by Gasteiger charge is -2.09. The summed E-state index contributed by atoms with van der Waals surface area (Å²) >= 11 is 5.86. The number of rotatable bonds is 4. The second-order valence-corrected chi connectivity index (χ2v) is 5.52. The molecule has 0 aliphatic carbocycles. The normalized spacial score (nSPS) is 10.4. The van der Waals surface area contributed by atoms with Gasteiger partial charge in [-0.1, -0.05) is 17.7 Å². The van der Waals surface area contributed by atoms with E-state index in [1.165, 1.54) is 30.5 Å². The van der Waals surface area contributed by atoms with Crippen molar-refractivity contribution in [3.05, 3.63) is 83.0 Å². The Morgan fingerprint density at radius 3 is 2.32 bits per heavy atom. The molecule has 1 heterocycles. The van der Waals surface area contributed by atoms with E-state index in [0.29, 0.717) is 17.2 Å². The standard InChI is InChI=1S/C18H12ClF2N3O/c19-14-2-1-3-15(21)17(14)18(25)24-13-8-9-16(22-10-13)23-12-6-4-11(20)5-7-12/h1-10H,(H,22,23)(H,24,25). The molecule has 0 radical (unpaired) electrons. The molecule has 2 aromatic carbocycles. The van der Waals surface area contributed by atoms with Gasteiger partial charge in [0.2, 0.25) is 0 Å². The van der Waals surface area contributed by atoms with E-state index in [-0.39, 0.29) is 16.4 Å². The molecular weight excluding hydrogens is 348 g/mol. The van der Waals surface area contributed by atoms with Crippen LogP contribution in [-0.4, -0.2) is 10.9 Å². The maximum Gasteiger partial charge on any atom is 0.260 e. The van der Waals surface area contributed by atoms with E-state index in [1.54, 1.807) is 24.3 Å². The molecule has 0 aliphatic heterocycles. The topological polar surface area (TPSA) is 54.0 Å². The molecule has 126 valence electrons. The molecule has 0 saturated heterocycles. The van der Waals surface area contributed by atoms with Crippen LogP contribution in [0.3, 0.4) is 0 Å². The molecule has 1 aromatic heterocycles. The van der Waals surface area contributed by atoms with Gasteiger partial charge in [0.05, 0.1) is 22.5 Å². The molecule has 1 amide bonds. The Hall–Kier alpha value is -2.99. The van der Waals surface area contributed by atoms with Crippen LogP contribution in [0.4, 0.5) is 26.0 Å². The summed E-state index contributed by atoms with van der Waals surface area (Å²) in [6.45, 7) is 0. The highest BCUT2D eigenvalue weighted by Crippen LogP contribution is 2.21. The van der Waals surface area contributed by atoms with E-state index >= 15 is 0 Å². The van der Waals surface area contributed by atoms with Gasteiger partial charge in [-0.15, -0.1) is 0 Å². The number of halogens is 3. The molecule has 3 aromatic rings. The Balaban J connectivity index is 1.70. The summed E-state index contributed by atoms with van der Waals surface area (Å²) in [6, 6.07) is 13.1. The van der Waals surface area contributed by atoms with Gasteiger partial charge in [-0.25, -0.2) is 13.8 Å². The molecular formula is C18H12ClF2N3O. The average Bonchev–Trinajstić information content (AvgIpc) is 2.58. The number of hydrogen-bond donors (Lipinski definition) is 2. The van der Waals surface area contributed by atoms with Crippen molar-refractivity contribution in [3.63, 3.8) is 0 Å². The summed E-state index contributed by atoms with van der Waals surface area (Å²) in [4.78, 5) is 16.3. The second-order valence-electron chi connectivity index (χ2n) is 5.11. The number of anilines is 3. The minimum absolute atomic E-state index is 0.0278. The number of nitrogens with one attached hydrogen (secondary N) is 2. The number of pyridine rings is 1. The summed E-state index contributed by atoms with van der Waals surface area (Å²) in [5.41, 5.74) is 0.829. The quantitative estimate of drug-likeness (QED) is 0.688. The molecule has 25 heavy (non-hydrogen) atoms. The number of carbonyl (C=O) groups excluding carboxylic acids is 1. The molecule has 0 unspecified atom stereocenters. The van der Waals surface area contributed by atoms with Crippen molar-refractivity contribution < 1.29 is 13.6 Å². The van der Waals surface area contributed by atoms with Crippen LogP contribution < -0.4 is 10.6 Å². The van der Waals surface area contributed by atoms with E-state index in [9.17, 15) is 13.6 Å². The summed E-state index contributed by atoms with van der Waals surface area (Å²) < 4.78 is 26.6. The van der Waals surface area contributed by atoms with Crippen molar-refractivity contribution in [2.24, 2.45) is 0 Å². The van der Waals surface area contributed by atoms with Gasteiger partial charge in [-0.3, -0.25) is 4.79 Å². The Morgan fingerprint density at radius 2 is 1.68 bits per heavy atom. The van der Waals surface area contributed by atoms with Crippen LogP contribution >= 0.6 is 11.6 Å². The van der Waals surface area contributed by atoms with Gasteiger partial charge in [0, 0.05) is 5.69 Å². The van der Waals surface area contributed by atoms with Crippen LogP contribution in [0.5, 0.6) is 0 Å². The monoisotopic (exact) mass is 359 g/mol. The first kappa shape index (κ1) is 16.9. The zero-order chi connectivity index (χ0) is 17.8. The Labute approximate surface area is 147 Å². The Kier molecular flexibility index (Phi) is 4.90. The van der Waals surface area contributed by atoms with E-state index < -0.39 is 11.7 Å². The van der Waals surface area contributed by atoms with E-state index in [2.05, 4.69) is 15.6 Å². The van der Waals surface area contributed by atoms with Gasteiger partial charge >= 0.3 is 0 Å². The summed E-state index contributed by atoms with van der Waals surface area (Å²) in [5.74, 6) is -1.19. The lowest BCUT2D eigenvalue weighted by molar-refractivity contribution is 0.102. The fourth-order valence-corrected chi connectivity index (χ4v) is 2.38. The molecule has 0 fully saturated rings. The lowest BCUT2D eigenvalue weighted by atomic mass is 10.2. The zero-order valence-corrected chi connectivity index (χ0v) is 13.5. The van der Waals surface area contributed by atoms with Crippen molar-refractivity contribution >= 4 is 34.7 Å². The first-order valence-corrected chi connectivity index (χ1v) is 7.65. The maximum atomic E-state index is 13.7. The molecule has 0 atom stereocenters. The SMILES string of the molecule is O=C(Nc1ccc(Nc2ccc(F)cc2)nc1)c1c(F)cccc1Cl. The smallest absolute Gasteiger partial charge is 0.260 e. The number of aromatic nitrogens is 1. The zero-order valence-electron chi connectivity index (χ0n) is 12.8. The largest absolute Gasteiger partial charge is 0.340 e. The van der Waals surface area contributed by atoms with Crippen LogP contribution in [-0.2, 0) is 0 Å². The van der Waals surface area contributed by atoms with Crippen LogP contribution in [0.1, 0.15) is 10.4 Å². The minimum atomic E-state index is -0.701. The Bertz CT molecular complexity index is 879. The van der Waals surface area contributed by atoms with Gasteiger partial charge in [-0.2, -0.15) is 0 Å². The number of nitrogens with zero attached hydrogens (tertiary/aromatic N) is 1. The summed E-state index contributed by atoms with van der Waals surface area (Å²) in [6.07, 6.45) is 1.42. The number of carbonyl (C=O) groups is 1. The van der Waals surface area contributed by atoms with Crippen LogP contribution in [0.2, 0.25) is 5.02 Å². The van der Waals surface area contributed by atoms with Crippen molar-refractivity contribution in [1.82, 2.24) is 4.98 Å². The van der Waals surface area contributed by atoms with Crippen molar-refractivity contribution in [2.45, 2.75) is 0 Å². The fourth-order valence-electron chi connectivity index (χ4n) is 2.13. The fraction of sp³-hybridized carbons (Fsp3) is 0. The Morgan fingerprint density at radius 1 is 0.960 bits per heavy atom. The van der Waals surface area contributed by atoms with Gasteiger partial charge in [0.1, 0.15) is 17.5 Å². The summed E-state index contributed by atoms with van der Waals surface area (Å²) in [5, 5.41) is 5.55. The lowest BCUT2D eigenvalue weighted by Crippen LogP contribution is -2.14. The van der Waals surface area contributed by atoms with Gasteiger partial charge in [0.25, 0.3) is 5.91 Å². The van der Waals surface area contributed by atoms with E-state index in [4.69, 9.17) is 11.6 Å². The number of amides is 1. The van der Waals surface area contributed by atoms with E-state index in [0.717, 1.165) is 6.07 Å². The third kappa shape index (κ3) is 4.10. The molecule has 0 bridgehead atoms. The molecule has 4 nitrogen and oxygen atoms in total. The second kappa shape index (κ2) is 7.27. The van der Waals surface area contributed by atoms with Gasteiger partial charge in [0.15, 0.2) is 0 Å². The van der Waals surface area contributed by atoms with Crippen LogP contribution in [0, 0.1) is 11.6 Å². The maximum absolute atomic E-state index is 13.7.